The SMILES string of the molecule is CCC(C)[N]NC(C)CC. The molecule has 0 spiro atoms. The summed E-state index contributed by atoms with van der Waals surface area (Å²) in [5, 5.41) is 0. The molecule has 2 nitrogen and oxygen atoms in total. The minimum Gasteiger partial charge on any atom is -0.237 e. The van der Waals surface area contributed by atoms with Gasteiger partial charge in [0.15, 0.2) is 0 Å². The molecule has 0 bridgehead atoms. The van der Waals surface area contributed by atoms with Gasteiger partial charge in [0.1, 0.15) is 0 Å². The van der Waals surface area contributed by atoms with Crippen LogP contribution in [0.5, 0.6) is 0 Å². The topological polar surface area (TPSA) is 26.1 Å². The van der Waals surface area contributed by atoms with E-state index in [-0.39, 0.29) is 0 Å². The fraction of sp³-hybridized carbons (Fsp3) is 1.00. The molecule has 0 aliphatic heterocycles. The van der Waals surface area contributed by atoms with Crippen molar-refractivity contribution in [1.29, 1.82) is 0 Å². The summed E-state index contributed by atoms with van der Waals surface area (Å²) in [6.07, 6.45) is 2.25. The lowest BCUT2D eigenvalue weighted by Gasteiger charge is -2.14. The minimum atomic E-state index is 0.453. The van der Waals surface area contributed by atoms with Crippen molar-refractivity contribution in [3.05, 3.63) is 0 Å². The Kier molecular flexibility index (Phi) is 5.64. The first-order valence-corrected chi connectivity index (χ1v) is 4.16. The summed E-state index contributed by atoms with van der Waals surface area (Å²) in [5.74, 6) is 0. The van der Waals surface area contributed by atoms with E-state index in [0.29, 0.717) is 12.1 Å². The summed E-state index contributed by atoms with van der Waals surface area (Å²) in [6, 6.07) is 0.975. The predicted octanol–water partition coefficient (Wildman–Crippen LogP) is 1.69. The Hall–Kier alpha value is -0.0800. The average Bonchev–Trinajstić information content (AvgIpc) is 1.99. The van der Waals surface area contributed by atoms with Crippen molar-refractivity contribution < 1.29 is 0 Å². The van der Waals surface area contributed by atoms with Crippen molar-refractivity contribution in [2.45, 2.75) is 52.6 Å². The zero-order valence-electron chi connectivity index (χ0n) is 7.52. The van der Waals surface area contributed by atoms with Gasteiger partial charge in [0.25, 0.3) is 0 Å². The third kappa shape index (κ3) is 4.77. The molecule has 2 atom stereocenters. The summed E-state index contributed by atoms with van der Waals surface area (Å²) in [7, 11) is 0. The highest BCUT2D eigenvalue weighted by molar-refractivity contribution is 4.57. The summed E-state index contributed by atoms with van der Waals surface area (Å²) >= 11 is 0. The molecule has 0 aliphatic rings. The maximum absolute atomic E-state index is 4.26. The highest BCUT2D eigenvalue weighted by Crippen LogP contribution is 1.90. The lowest BCUT2D eigenvalue weighted by molar-refractivity contribution is 0.375. The van der Waals surface area contributed by atoms with E-state index in [4.69, 9.17) is 0 Å². The molecular weight excluding hydrogens is 124 g/mol. The van der Waals surface area contributed by atoms with Crippen molar-refractivity contribution in [1.82, 2.24) is 10.9 Å². The van der Waals surface area contributed by atoms with Crippen LogP contribution in [-0.2, 0) is 0 Å². The van der Waals surface area contributed by atoms with E-state index in [1.165, 1.54) is 0 Å². The van der Waals surface area contributed by atoms with E-state index < -0.39 is 0 Å². The Morgan fingerprint density at radius 1 is 1.20 bits per heavy atom. The van der Waals surface area contributed by atoms with Gasteiger partial charge in [-0.05, 0) is 26.7 Å². The summed E-state index contributed by atoms with van der Waals surface area (Å²) in [4.78, 5) is 0. The number of hydrogen-bond acceptors (Lipinski definition) is 1. The first-order valence-electron chi connectivity index (χ1n) is 4.16. The van der Waals surface area contributed by atoms with Gasteiger partial charge in [0.05, 0.1) is 0 Å². The first kappa shape index (κ1) is 9.92. The van der Waals surface area contributed by atoms with Crippen LogP contribution in [0.25, 0.3) is 0 Å². The molecule has 0 aromatic rings. The van der Waals surface area contributed by atoms with Crippen LogP contribution in [0.3, 0.4) is 0 Å². The lowest BCUT2D eigenvalue weighted by atomic mass is 10.2. The Labute approximate surface area is 64.4 Å². The zero-order chi connectivity index (χ0) is 7.98. The van der Waals surface area contributed by atoms with Gasteiger partial charge < -0.3 is 0 Å². The molecule has 0 saturated carbocycles. The van der Waals surface area contributed by atoms with Crippen LogP contribution in [0.1, 0.15) is 40.5 Å². The van der Waals surface area contributed by atoms with Crippen LogP contribution >= 0.6 is 0 Å². The number of hydrogen-bond donors (Lipinski definition) is 1. The van der Waals surface area contributed by atoms with Gasteiger partial charge in [-0.15, -0.1) is 0 Å². The lowest BCUT2D eigenvalue weighted by Crippen LogP contribution is -2.37. The highest BCUT2D eigenvalue weighted by Gasteiger charge is 2.00. The molecule has 0 saturated heterocycles. The van der Waals surface area contributed by atoms with Gasteiger partial charge >= 0.3 is 0 Å². The third-order valence-corrected chi connectivity index (χ3v) is 1.72. The molecule has 2 unspecified atom stereocenters. The van der Waals surface area contributed by atoms with E-state index in [9.17, 15) is 0 Å². The fourth-order valence-electron chi connectivity index (χ4n) is 0.437. The van der Waals surface area contributed by atoms with Crippen molar-refractivity contribution in [2.24, 2.45) is 0 Å². The molecular formula is C8H19N2. The predicted molar refractivity (Wildman–Crippen MR) is 44.8 cm³/mol. The van der Waals surface area contributed by atoms with Gasteiger partial charge in [0, 0.05) is 12.1 Å². The van der Waals surface area contributed by atoms with Crippen molar-refractivity contribution in [2.75, 3.05) is 0 Å². The van der Waals surface area contributed by atoms with Crippen LogP contribution in [0, 0.1) is 0 Å². The van der Waals surface area contributed by atoms with Crippen LogP contribution in [-0.4, -0.2) is 12.1 Å². The summed E-state index contributed by atoms with van der Waals surface area (Å²) in [5.41, 5.74) is 7.37. The second-order valence-electron chi connectivity index (χ2n) is 2.82. The molecule has 0 fully saturated rings. The number of nitrogens with zero attached hydrogens (tertiary/aromatic N) is 1. The highest BCUT2D eigenvalue weighted by atomic mass is 15.4. The van der Waals surface area contributed by atoms with E-state index in [0.717, 1.165) is 12.8 Å². The molecule has 0 aromatic carbocycles. The molecule has 2 heteroatoms. The van der Waals surface area contributed by atoms with Gasteiger partial charge in [0.2, 0.25) is 0 Å². The van der Waals surface area contributed by atoms with Crippen LogP contribution < -0.4 is 10.9 Å². The van der Waals surface area contributed by atoms with Crippen LogP contribution in [0.2, 0.25) is 0 Å². The fourth-order valence-corrected chi connectivity index (χ4v) is 0.437. The molecule has 10 heavy (non-hydrogen) atoms. The molecule has 0 amide bonds. The van der Waals surface area contributed by atoms with Gasteiger partial charge in [-0.3, -0.25) is 0 Å². The third-order valence-electron chi connectivity index (χ3n) is 1.72. The van der Waals surface area contributed by atoms with Crippen molar-refractivity contribution in [3.63, 3.8) is 0 Å². The minimum absolute atomic E-state index is 0.453. The Morgan fingerprint density at radius 3 is 2.20 bits per heavy atom. The molecule has 0 rings (SSSR count). The second-order valence-corrected chi connectivity index (χ2v) is 2.82. The van der Waals surface area contributed by atoms with Crippen molar-refractivity contribution in [3.8, 4) is 0 Å². The van der Waals surface area contributed by atoms with Gasteiger partial charge in [-0.25, -0.2) is 5.43 Å². The van der Waals surface area contributed by atoms with Crippen LogP contribution in [0.15, 0.2) is 0 Å². The zero-order valence-corrected chi connectivity index (χ0v) is 7.52. The molecule has 61 valence electrons. The summed E-state index contributed by atoms with van der Waals surface area (Å²) < 4.78 is 0. The maximum Gasteiger partial charge on any atom is 0.0385 e. The van der Waals surface area contributed by atoms with E-state index in [2.05, 4.69) is 38.5 Å². The smallest absolute Gasteiger partial charge is 0.0385 e. The summed E-state index contributed by atoms with van der Waals surface area (Å²) in [6.45, 7) is 8.57. The van der Waals surface area contributed by atoms with Gasteiger partial charge in [-0.1, -0.05) is 13.8 Å². The average molecular weight is 143 g/mol. The normalized spacial score (nSPS) is 16.8. The second kappa shape index (κ2) is 5.69. The van der Waals surface area contributed by atoms with E-state index >= 15 is 0 Å². The van der Waals surface area contributed by atoms with Gasteiger partial charge in [-0.2, -0.15) is 5.43 Å². The Morgan fingerprint density at radius 2 is 1.80 bits per heavy atom. The van der Waals surface area contributed by atoms with E-state index in [1.807, 2.05) is 0 Å². The van der Waals surface area contributed by atoms with Crippen molar-refractivity contribution >= 4 is 0 Å². The largest absolute Gasteiger partial charge is 0.237 e. The van der Waals surface area contributed by atoms with E-state index in [1.54, 1.807) is 0 Å². The Bertz CT molecular complexity index is 63.7. The number of rotatable bonds is 5. The molecule has 1 N–H and O–H groups in total. The number of nitrogens with one attached hydrogen (secondary N) is 1. The van der Waals surface area contributed by atoms with Crippen LogP contribution in [0.4, 0.5) is 0 Å². The molecule has 0 heterocycles. The molecule has 1 radical (unpaired) electrons. The quantitative estimate of drug-likeness (QED) is 0.582. The molecule has 0 aromatic heterocycles. The Balaban J connectivity index is 3.17. The first-order chi connectivity index (χ1) is 4.70. The monoisotopic (exact) mass is 143 g/mol. The standard InChI is InChI=1S/C8H19N2/c1-5-7(3)9-10-8(4)6-2/h7-9H,5-6H2,1-4H3. The molecule has 0 aliphatic carbocycles. The maximum atomic E-state index is 4.26.